The molecule has 0 aromatic heterocycles. The van der Waals surface area contributed by atoms with Gasteiger partial charge in [-0.05, 0) is 6.92 Å². The maximum atomic E-state index is 11.0. The fourth-order valence-electron chi connectivity index (χ4n) is 0.374. The highest BCUT2D eigenvalue weighted by atomic mass is 33.1. The zero-order valence-corrected chi connectivity index (χ0v) is 9.27. The van der Waals surface area contributed by atoms with E-state index in [0.29, 0.717) is 0 Å². The summed E-state index contributed by atoms with van der Waals surface area (Å²) in [6.45, 7) is 7.78. The van der Waals surface area contributed by atoms with Crippen LogP contribution in [-0.4, -0.2) is 17.3 Å². The maximum Gasteiger partial charge on any atom is 0.136 e. The summed E-state index contributed by atoms with van der Waals surface area (Å²) in [7, 11) is 3.60. The molecule has 0 unspecified atom stereocenters. The summed E-state index contributed by atoms with van der Waals surface area (Å²) in [6.07, 6.45) is 0. The second-order valence-corrected chi connectivity index (χ2v) is 5.86. The van der Waals surface area contributed by atoms with E-state index >= 15 is 0 Å². The molecule has 0 heterocycles. The lowest BCUT2D eigenvalue weighted by Gasteiger charge is -2.19. The molecule has 0 N–H and O–H groups in total. The van der Waals surface area contributed by atoms with Gasteiger partial charge in [0.05, 0.1) is 0 Å². The van der Waals surface area contributed by atoms with Crippen LogP contribution in [0.2, 0.25) is 0 Å². The number of Topliss-reactive ketones (excluding diaryl/α,β-unsaturated/α-hetero) is 1. The molecule has 0 bridgehead atoms. The van der Waals surface area contributed by atoms with Crippen LogP contribution in [0.15, 0.2) is 0 Å². The van der Waals surface area contributed by atoms with Gasteiger partial charge >= 0.3 is 0 Å². The molecule has 0 radical (unpaired) electrons. The van der Waals surface area contributed by atoms with Crippen LogP contribution >= 0.6 is 21.6 Å². The van der Waals surface area contributed by atoms with Gasteiger partial charge in [0.25, 0.3) is 0 Å². The highest BCUT2D eigenvalue weighted by Crippen LogP contribution is 2.30. The largest absolute Gasteiger partial charge is 0.299 e. The minimum atomic E-state index is -0.146. The Morgan fingerprint density at radius 1 is 1.36 bits per heavy atom. The maximum absolute atomic E-state index is 11.0. The van der Waals surface area contributed by atoms with Gasteiger partial charge in [-0.25, -0.2) is 0 Å². The number of carbonyl (C=O) groups excluding carboxylic acids is 1. The van der Waals surface area contributed by atoms with Crippen LogP contribution in [0.25, 0.3) is 0 Å². The molecule has 0 aliphatic rings. The average molecular weight is 192 g/mol. The molecular weight excluding hydrogens is 176 g/mol. The Balaban J connectivity index is 3.64. The molecule has 1 nitrogen and oxygen atoms in total. The van der Waals surface area contributed by atoms with Gasteiger partial charge in [-0.2, -0.15) is 0 Å². The Bertz CT molecular complexity index is 132. The summed E-state index contributed by atoms with van der Waals surface area (Å²) in [4.78, 5) is 11.0. The summed E-state index contributed by atoms with van der Waals surface area (Å²) in [5.74, 6) is 2.31. The third kappa shape index (κ3) is 4.75. The minimum absolute atomic E-state index is 0.146. The molecule has 0 saturated carbocycles. The molecule has 3 heteroatoms. The summed E-state index contributed by atoms with van der Waals surface area (Å²) < 4.78 is 0. The molecule has 0 amide bonds. The Morgan fingerprint density at radius 3 is 2.27 bits per heavy atom. The van der Waals surface area contributed by atoms with Crippen molar-refractivity contribution >= 4 is 27.4 Å². The number of hydrogen-bond donors (Lipinski definition) is 0. The first kappa shape index (κ1) is 11.4. The van der Waals surface area contributed by atoms with Crippen molar-refractivity contribution in [1.29, 1.82) is 0 Å². The van der Waals surface area contributed by atoms with E-state index in [4.69, 9.17) is 0 Å². The molecule has 0 aromatic rings. The molecule has 66 valence electrons. The zero-order valence-electron chi connectivity index (χ0n) is 7.64. The molecule has 0 aliphatic heterocycles. The van der Waals surface area contributed by atoms with E-state index in [1.165, 1.54) is 0 Å². The van der Waals surface area contributed by atoms with Crippen LogP contribution in [0.1, 0.15) is 27.7 Å². The molecule has 0 aromatic carbocycles. The lowest BCUT2D eigenvalue weighted by atomic mass is 9.92. The number of hydrogen-bond acceptors (Lipinski definition) is 3. The first-order chi connectivity index (χ1) is 5.00. The predicted octanol–water partition coefficient (Wildman–Crippen LogP) is 3.00. The van der Waals surface area contributed by atoms with Crippen LogP contribution in [0.4, 0.5) is 0 Å². The Morgan fingerprint density at radius 2 is 1.91 bits per heavy atom. The first-order valence-electron chi connectivity index (χ1n) is 3.76. The second kappa shape index (κ2) is 5.09. The molecule has 0 saturated heterocycles. The van der Waals surface area contributed by atoms with Crippen molar-refractivity contribution in [3.63, 3.8) is 0 Å². The topological polar surface area (TPSA) is 17.1 Å². The number of carbonyl (C=O) groups is 1. The summed E-state index contributed by atoms with van der Waals surface area (Å²) in [6, 6.07) is 0. The number of ketones is 1. The molecule has 11 heavy (non-hydrogen) atoms. The number of rotatable bonds is 5. The molecule has 0 atom stereocenters. The molecular formula is C8H16OS2. The van der Waals surface area contributed by atoms with Crippen LogP contribution in [-0.2, 0) is 4.79 Å². The standard InChI is InChI=1S/C8H16OS2/c1-5-10-11-6-8(3,4)7(2)9/h5-6H2,1-4H3. The van der Waals surface area contributed by atoms with E-state index in [2.05, 4.69) is 6.92 Å². The fourth-order valence-corrected chi connectivity index (χ4v) is 2.76. The van der Waals surface area contributed by atoms with Crippen molar-refractivity contribution in [2.45, 2.75) is 27.7 Å². The molecule has 0 fully saturated rings. The van der Waals surface area contributed by atoms with E-state index in [9.17, 15) is 4.79 Å². The average Bonchev–Trinajstić information content (AvgIpc) is 1.88. The smallest absolute Gasteiger partial charge is 0.136 e. The second-order valence-electron chi connectivity index (χ2n) is 3.11. The van der Waals surface area contributed by atoms with E-state index < -0.39 is 0 Å². The predicted molar refractivity (Wildman–Crippen MR) is 55.1 cm³/mol. The molecule has 0 aliphatic carbocycles. The van der Waals surface area contributed by atoms with Gasteiger partial charge in [0.15, 0.2) is 0 Å². The van der Waals surface area contributed by atoms with Crippen LogP contribution in [0, 0.1) is 5.41 Å². The summed E-state index contributed by atoms with van der Waals surface area (Å²) in [5, 5.41) is 0. The minimum Gasteiger partial charge on any atom is -0.299 e. The van der Waals surface area contributed by atoms with Crippen LogP contribution in [0.5, 0.6) is 0 Å². The van der Waals surface area contributed by atoms with Crippen molar-refractivity contribution in [2.24, 2.45) is 5.41 Å². The fraction of sp³-hybridized carbons (Fsp3) is 0.875. The van der Waals surface area contributed by atoms with E-state index in [1.807, 2.05) is 24.6 Å². The van der Waals surface area contributed by atoms with Crippen molar-refractivity contribution in [3.05, 3.63) is 0 Å². The SMILES string of the molecule is CCSSCC(C)(C)C(C)=O. The Labute approximate surface area is 77.1 Å². The Hall–Kier alpha value is 0.370. The van der Waals surface area contributed by atoms with Crippen molar-refractivity contribution in [1.82, 2.24) is 0 Å². The Kier molecular flexibility index (Phi) is 5.26. The highest BCUT2D eigenvalue weighted by Gasteiger charge is 2.23. The van der Waals surface area contributed by atoms with Crippen LogP contribution in [0.3, 0.4) is 0 Å². The van der Waals surface area contributed by atoms with E-state index in [1.54, 1.807) is 17.7 Å². The zero-order chi connectivity index (χ0) is 8.91. The normalized spacial score (nSPS) is 11.6. The first-order valence-corrected chi connectivity index (χ1v) is 6.25. The van der Waals surface area contributed by atoms with Gasteiger partial charge in [0.2, 0.25) is 0 Å². The van der Waals surface area contributed by atoms with Crippen molar-refractivity contribution in [2.75, 3.05) is 11.5 Å². The van der Waals surface area contributed by atoms with E-state index in [0.717, 1.165) is 11.5 Å². The third-order valence-electron chi connectivity index (χ3n) is 1.57. The lowest BCUT2D eigenvalue weighted by Crippen LogP contribution is -2.23. The monoisotopic (exact) mass is 192 g/mol. The van der Waals surface area contributed by atoms with Gasteiger partial charge in [-0.1, -0.05) is 42.4 Å². The summed E-state index contributed by atoms with van der Waals surface area (Å²) in [5.41, 5.74) is -0.146. The van der Waals surface area contributed by atoms with Gasteiger partial charge < -0.3 is 0 Å². The third-order valence-corrected chi connectivity index (χ3v) is 4.38. The van der Waals surface area contributed by atoms with Gasteiger partial charge in [-0.15, -0.1) is 0 Å². The van der Waals surface area contributed by atoms with Crippen LogP contribution < -0.4 is 0 Å². The van der Waals surface area contributed by atoms with E-state index in [-0.39, 0.29) is 11.2 Å². The highest BCUT2D eigenvalue weighted by molar-refractivity contribution is 8.76. The molecule has 0 rings (SSSR count). The van der Waals surface area contributed by atoms with Crippen molar-refractivity contribution in [3.8, 4) is 0 Å². The van der Waals surface area contributed by atoms with Gasteiger partial charge in [-0.3, -0.25) is 4.79 Å². The van der Waals surface area contributed by atoms with Crippen molar-refractivity contribution < 1.29 is 4.79 Å². The molecule has 0 spiro atoms. The van der Waals surface area contributed by atoms with Gasteiger partial charge in [0, 0.05) is 16.9 Å². The van der Waals surface area contributed by atoms with Gasteiger partial charge in [0.1, 0.15) is 5.78 Å². The quantitative estimate of drug-likeness (QED) is 0.492. The summed E-state index contributed by atoms with van der Waals surface area (Å²) >= 11 is 0. The lowest BCUT2D eigenvalue weighted by molar-refractivity contribution is -0.123.